The molecule has 2 rings (SSSR count). The molecule has 6 heteroatoms. The Morgan fingerprint density at radius 2 is 1.88 bits per heavy atom. The highest BCUT2D eigenvalue weighted by atomic mass is 16.2. The molecule has 0 aliphatic heterocycles. The maximum atomic E-state index is 11.9. The van der Waals surface area contributed by atoms with Crippen LogP contribution in [-0.2, 0) is 4.79 Å². The van der Waals surface area contributed by atoms with Gasteiger partial charge in [-0.3, -0.25) is 4.79 Å². The van der Waals surface area contributed by atoms with E-state index in [1.807, 2.05) is 0 Å². The average molecular weight is 328 g/mol. The minimum absolute atomic E-state index is 0.103. The van der Waals surface area contributed by atoms with Crippen molar-refractivity contribution in [1.82, 2.24) is 10.6 Å². The minimum atomic E-state index is -0.176. The highest BCUT2D eigenvalue weighted by Gasteiger charge is 2.16. The summed E-state index contributed by atoms with van der Waals surface area (Å²) in [6.45, 7) is 2.25. The van der Waals surface area contributed by atoms with Crippen molar-refractivity contribution in [3.63, 3.8) is 0 Å². The zero-order valence-electron chi connectivity index (χ0n) is 14.0. The van der Waals surface area contributed by atoms with Crippen molar-refractivity contribution in [3.05, 3.63) is 29.8 Å². The summed E-state index contributed by atoms with van der Waals surface area (Å²) in [5, 5.41) is 14.6. The summed E-state index contributed by atoms with van der Waals surface area (Å²) in [4.78, 5) is 25.3. The van der Waals surface area contributed by atoms with E-state index >= 15 is 0 Å². The molecule has 1 aromatic rings. The molecular formula is C18H24N4O2. The molecule has 0 bridgehead atoms. The molecule has 6 nitrogen and oxygen atoms in total. The lowest BCUT2D eigenvalue weighted by atomic mass is 9.96. The smallest absolute Gasteiger partial charge is 0.315 e. The summed E-state index contributed by atoms with van der Waals surface area (Å²) in [7, 11) is 0. The van der Waals surface area contributed by atoms with E-state index in [9.17, 15) is 9.59 Å². The van der Waals surface area contributed by atoms with Crippen molar-refractivity contribution in [2.24, 2.45) is 0 Å². The molecule has 0 heterocycles. The van der Waals surface area contributed by atoms with Crippen LogP contribution >= 0.6 is 0 Å². The van der Waals surface area contributed by atoms with E-state index in [-0.39, 0.29) is 18.0 Å². The second kappa shape index (κ2) is 8.92. The number of amides is 3. The summed E-state index contributed by atoms with van der Waals surface area (Å²) >= 11 is 0. The first kappa shape index (κ1) is 17.8. The predicted molar refractivity (Wildman–Crippen MR) is 92.6 cm³/mol. The van der Waals surface area contributed by atoms with Crippen LogP contribution in [0.3, 0.4) is 0 Å². The topological polar surface area (TPSA) is 85.2 Å². The first-order valence-corrected chi connectivity index (χ1v) is 8.43. The molecule has 1 fully saturated rings. The Morgan fingerprint density at radius 1 is 1.21 bits per heavy atom. The van der Waals surface area contributed by atoms with Gasteiger partial charge in [-0.05, 0) is 37.1 Å². The second-order valence-electron chi connectivity index (χ2n) is 6.06. The van der Waals surface area contributed by atoms with Crippen LogP contribution in [0, 0.1) is 11.3 Å². The molecule has 1 aliphatic rings. The number of nitriles is 1. The van der Waals surface area contributed by atoms with E-state index < -0.39 is 0 Å². The molecule has 0 saturated heterocycles. The third-order valence-corrected chi connectivity index (χ3v) is 4.25. The second-order valence-corrected chi connectivity index (χ2v) is 6.06. The van der Waals surface area contributed by atoms with Crippen LogP contribution in [-0.4, -0.2) is 31.1 Å². The SMILES string of the molecule is CC(=O)N(CCNC(=O)NC1CCCCC1)c1ccc(C#N)cc1. The number of hydrogen-bond donors (Lipinski definition) is 2. The molecule has 0 aromatic heterocycles. The first-order chi connectivity index (χ1) is 11.6. The Kier molecular flexibility index (Phi) is 6.62. The molecule has 3 amide bonds. The van der Waals surface area contributed by atoms with Crippen LogP contribution in [0.4, 0.5) is 10.5 Å². The van der Waals surface area contributed by atoms with Gasteiger partial charge in [-0.25, -0.2) is 4.79 Å². The van der Waals surface area contributed by atoms with E-state index in [4.69, 9.17) is 5.26 Å². The zero-order valence-corrected chi connectivity index (χ0v) is 14.0. The van der Waals surface area contributed by atoms with Crippen LogP contribution < -0.4 is 15.5 Å². The Morgan fingerprint density at radius 3 is 2.46 bits per heavy atom. The molecule has 128 valence electrons. The van der Waals surface area contributed by atoms with Crippen LogP contribution in [0.15, 0.2) is 24.3 Å². The highest BCUT2D eigenvalue weighted by molar-refractivity contribution is 5.91. The fourth-order valence-corrected chi connectivity index (χ4v) is 2.95. The van der Waals surface area contributed by atoms with Gasteiger partial charge in [0, 0.05) is 31.7 Å². The Balaban J connectivity index is 1.81. The Hall–Kier alpha value is -2.55. The number of nitrogens with zero attached hydrogens (tertiary/aromatic N) is 2. The highest BCUT2D eigenvalue weighted by Crippen LogP contribution is 2.17. The number of carbonyl (C=O) groups excluding carboxylic acids is 2. The lowest BCUT2D eigenvalue weighted by molar-refractivity contribution is -0.116. The van der Waals surface area contributed by atoms with Crippen molar-refractivity contribution in [1.29, 1.82) is 5.26 Å². The maximum absolute atomic E-state index is 11.9. The predicted octanol–water partition coefficient (Wildman–Crippen LogP) is 2.54. The normalized spacial score (nSPS) is 14.5. The molecule has 0 spiro atoms. The van der Waals surface area contributed by atoms with E-state index in [2.05, 4.69) is 16.7 Å². The molecule has 1 aromatic carbocycles. The average Bonchev–Trinajstić information content (AvgIpc) is 2.59. The minimum Gasteiger partial charge on any atom is -0.336 e. The summed E-state index contributed by atoms with van der Waals surface area (Å²) in [6, 6.07) is 8.97. The van der Waals surface area contributed by atoms with E-state index in [1.165, 1.54) is 26.2 Å². The summed E-state index contributed by atoms with van der Waals surface area (Å²) in [5.74, 6) is -0.103. The quantitative estimate of drug-likeness (QED) is 0.871. The van der Waals surface area contributed by atoms with Crippen molar-refractivity contribution >= 4 is 17.6 Å². The number of hydrogen-bond acceptors (Lipinski definition) is 3. The van der Waals surface area contributed by atoms with Gasteiger partial charge in [-0.15, -0.1) is 0 Å². The lowest BCUT2D eigenvalue weighted by Gasteiger charge is -2.24. The molecule has 24 heavy (non-hydrogen) atoms. The first-order valence-electron chi connectivity index (χ1n) is 8.43. The van der Waals surface area contributed by atoms with Crippen molar-refractivity contribution < 1.29 is 9.59 Å². The molecule has 0 atom stereocenters. The summed E-state index contributed by atoms with van der Waals surface area (Å²) in [6.07, 6.45) is 5.66. The molecule has 1 aliphatic carbocycles. The van der Waals surface area contributed by atoms with Crippen LogP contribution in [0.25, 0.3) is 0 Å². The number of nitrogens with one attached hydrogen (secondary N) is 2. The van der Waals surface area contributed by atoms with Gasteiger partial charge in [0.25, 0.3) is 0 Å². The van der Waals surface area contributed by atoms with E-state index in [0.717, 1.165) is 18.5 Å². The van der Waals surface area contributed by atoms with Crippen molar-refractivity contribution in [2.45, 2.75) is 45.1 Å². The molecule has 2 N–H and O–H groups in total. The summed E-state index contributed by atoms with van der Waals surface area (Å²) < 4.78 is 0. The Bertz CT molecular complexity index is 600. The monoisotopic (exact) mass is 328 g/mol. The van der Waals surface area contributed by atoms with Gasteiger partial charge in [0.2, 0.25) is 5.91 Å². The number of anilines is 1. The molecule has 1 saturated carbocycles. The van der Waals surface area contributed by atoms with Gasteiger partial charge in [-0.1, -0.05) is 19.3 Å². The Labute approximate surface area is 142 Å². The van der Waals surface area contributed by atoms with E-state index in [0.29, 0.717) is 18.7 Å². The number of urea groups is 1. The van der Waals surface area contributed by atoms with Crippen LogP contribution in [0.2, 0.25) is 0 Å². The third-order valence-electron chi connectivity index (χ3n) is 4.25. The van der Waals surface area contributed by atoms with Crippen LogP contribution in [0.5, 0.6) is 0 Å². The van der Waals surface area contributed by atoms with Gasteiger partial charge in [-0.2, -0.15) is 5.26 Å². The van der Waals surface area contributed by atoms with E-state index in [1.54, 1.807) is 29.2 Å². The number of carbonyl (C=O) groups is 2. The standard InChI is InChI=1S/C18H24N4O2/c1-14(23)22(17-9-7-15(13-19)8-10-17)12-11-20-18(24)21-16-5-3-2-4-6-16/h7-10,16H,2-6,11-12H2,1H3,(H2,20,21,24). The molecule has 0 radical (unpaired) electrons. The lowest BCUT2D eigenvalue weighted by Crippen LogP contribution is -2.45. The summed E-state index contributed by atoms with van der Waals surface area (Å²) in [5.41, 5.74) is 1.27. The molecular weight excluding hydrogens is 304 g/mol. The maximum Gasteiger partial charge on any atom is 0.315 e. The zero-order chi connectivity index (χ0) is 17.4. The van der Waals surface area contributed by atoms with Gasteiger partial charge in [0.1, 0.15) is 0 Å². The van der Waals surface area contributed by atoms with Gasteiger partial charge in [0.15, 0.2) is 0 Å². The van der Waals surface area contributed by atoms with Crippen molar-refractivity contribution in [3.8, 4) is 6.07 Å². The fraction of sp³-hybridized carbons (Fsp3) is 0.500. The van der Waals surface area contributed by atoms with Gasteiger partial charge < -0.3 is 15.5 Å². The van der Waals surface area contributed by atoms with Gasteiger partial charge >= 0.3 is 6.03 Å². The fourth-order valence-electron chi connectivity index (χ4n) is 2.95. The molecule has 0 unspecified atom stereocenters. The van der Waals surface area contributed by atoms with Crippen LogP contribution in [0.1, 0.15) is 44.6 Å². The number of rotatable bonds is 5. The third kappa shape index (κ3) is 5.27. The van der Waals surface area contributed by atoms with Gasteiger partial charge in [0.05, 0.1) is 11.6 Å². The van der Waals surface area contributed by atoms with Crippen molar-refractivity contribution in [2.75, 3.05) is 18.0 Å². The number of benzene rings is 1. The largest absolute Gasteiger partial charge is 0.336 e.